The van der Waals surface area contributed by atoms with E-state index in [4.69, 9.17) is 4.74 Å². The van der Waals surface area contributed by atoms with Crippen LogP contribution in [-0.4, -0.2) is 71.7 Å². The molecule has 4 rings (SSSR count). The van der Waals surface area contributed by atoms with Crippen LogP contribution < -0.4 is 10.1 Å². The summed E-state index contributed by atoms with van der Waals surface area (Å²) in [6.45, 7) is 6.77. The summed E-state index contributed by atoms with van der Waals surface area (Å²) in [4.78, 5) is 22.2. The maximum atomic E-state index is 13.1. The van der Waals surface area contributed by atoms with Crippen molar-refractivity contribution < 1.29 is 14.6 Å². The molecule has 7 heteroatoms. The van der Waals surface area contributed by atoms with Gasteiger partial charge in [-0.1, -0.05) is 12.1 Å². The minimum atomic E-state index is -0.0584. The summed E-state index contributed by atoms with van der Waals surface area (Å²) < 4.78 is 6.04. The molecule has 0 unspecified atom stereocenters. The highest BCUT2D eigenvalue weighted by Crippen LogP contribution is 2.26. The summed E-state index contributed by atoms with van der Waals surface area (Å²) in [6, 6.07) is 11.8. The van der Waals surface area contributed by atoms with Crippen LogP contribution in [0.4, 0.5) is 0 Å². The molecule has 2 aliphatic rings. The standard InChI is InChI=1S/C27H38N4O3/c1-20-5-10-26(15-29-20)34-19-22-14-23(27(33)28-12-11-24-4-3-13-30(24)2)18-31(17-22)16-21-6-8-25(32)9-7-21/h5-10,15,22-24,32H,3-4,11-14,16-19H2,1-2H3,(H,28,33)/t22-,23+,24+/m0/s1. The lowest BCUT2D eigenvalue weighted by molar-refractivity contribution is -0.127. The third kappa shape index (κ3) is 6.93. The van der Waals surface area contributed by atoms with Crippen LogP contribution in [0.2, 0.25) is 0 Å². The molecule has 2 fully saturated rings. The van der Waals surface area contributed by atoms with E-state index in [1.54, 1.807) is 18.3 Å². The van der Waals surface area contributed by atoms with Crippen molar-refractivity contribution in [3.63, 3.8) is 0 Å². The normalized spacial score (nSPS) is 23.6. The molecule has 34 heavy (non-hydrogen) atoms. The predicted molar refractivity (Wildman–Crippen MR) is 133 cm³/mol. The third-order valence-electron chi connectivity index (χ3n) is 7.14. The van der Waals surface area contributed by atoms with Crippen molar-refractivity contribution in [3.05, 3.63) is 53.9 Å². The minimum Gasteiger partial charge on any atom is -0.508 e. The summed E-state index contributed by atoms with van der Waals surface area (Å²) in [5.41, 5.74) is 2.09. The van der Waals surface area contributed by atoms with Gasteiger partial charge in [-0.3, -0.25) is 14.7 Å². The van der Waals surface area contributed by atoms with Gasteiger partial charge in [-0.05, 0) is 76.0 Å². The molecule has 3 atom stereocenters. The zero-order valence-corrected chi connectivity index (χ0v) is 20.4. The van der Waals surface area contributed by atoms with Gasteiger partial charge in [-0.2, -0.15) is 0 Å². The van der Waals surface area contributed by atoms with Crippen molar-refractivity contribution >= 4 is 5.91 Å². The molecule has 3 heterocycles. The van der Waals surface area contributed by atoms with E-state index in [0.29, 0.717) is 12.6 Å². The summed E-state index contributed by atoms with van der Waals surface area (Å²) in [7, 11) is 2.18. The Hall–Kier alpha value is -2.64. The molecule has 2 N–H and O–H groups in total. The molecule has 1 amide bonds. The smallest absolute Gasteiger partial charge is 0.224 e. The number of nitrogens with one attached hydrogen (secondary N) is 1. The largest absolute Gasteiger partial charge is 0.508 e. The first-order valence-corrected chi connectivity index (χ1v) is 12.5. The molecule has 2 aliphatic heterocycles. The average Bonchev–Trinajstić information content (AvgIpc) is 3.24. The molecule has 0 radical (unpaired) electrons. The van der Waals surface area contributed by atoms with E-state index in [1.807, 2.05) is 31.2 Å². The Balaban J connectivity index is 1.35. The monoisotopic (exact) mass is 466 g/mol. The summed E-state index contributed by atoms with van der Waals surface area (Å²) in [5, 5.41) is 12.8. The van der Waals surface area contributed by atoms with E-state index in [0.717, 1.165) is 62.6 Å². The highest BCUT2D eigenvalue weighted by Gasteiger charge is 2.32. The molecule has 1 aromatic carbocycles. The number of phenols is 1. The van der Waals surface area contributed by atoms with Crippen LogP contribution in [0.1, 0.15) is 36.9 Å². The van der Waals surface area contributed by atoms with Crippen molar-refractivity contribution in [1.82, 2.24) is 20.1 Å². The van der Waals surface area contributed by atoms with Gasteiger partial charge in [0.05, 0.1) is 18.7 Å². The zero-order chi connectivity index (χ0) is 23.9. The summed E-state index contributed by atoms with van der Waals surface area (Å²) in [6.07, 6.45) is 6.07. The maximum absolute atomic E-state index is 13.1. The molecule has 1 aromatic heterocycles. The molecule has 2 saturated heterocycles. The fraction of sp³-hybridized carbons (Fsp3) is 0.556. The van der Waals surface area contributed by atoms with E-state index >= 15 is 0 Å². The quantitative estimate of drug-likeness (QED) is 0.591. The Morgan fingerprint density at radius 2 is 2.03 bits per heavy atom. The maximum Gasteiger partial charge on any atom is 0.224 e. The number of carbonyl (C=O) groups is 1. The van der Waals surface area contributed by atoms with Crippen LogP contribution >= 0.6 is 0 Å². The van der Waals surface area contributed by atoms with Crippen molar-refractivity contribution in [2.24, 2.45) is 11.8 Å². The average molecular weight is 467 g/mol. The highest BCUT2D eigenvalue weighted by atomic mass is 16.5. The first-order valence-electron chi connectivity index (χ1n) is 12.5. The number of amides is 1. The zero-order valence-electron chi connectivity index (χ0n) is 20.4. The first kappa shape index (κ1) is 24.5. The molecule has 2 aromatic rings. The number of ether oxygens (including phenoxy) is 1. The molecule has 184 valence electrons. The number of piperidine rings is 1. The minimum absolute atomic E-state index is 0.0584. The highest BCUT2D eigenvalue weighted by molar-refractivity contribution is 5.79. The van der Waals surface area contributed by atoms with Gasteiger partial charge in [0, 0.05) is 43.8 Å². The molecule has 0 saturated carbocycles. The van der Waals surface area contributed by atoms with Gasteiger partial charge in [-0.15, -0.1) is 0 Å². The molecule has 7 nitrogen and oxygen atoms in total. The lowest BCUT2D eigenvalue weighted by Crippen LogP contribution is -2.47. The van der Waals surface area contributed by atoms with Gasteiger partial charge in [0.25, 0.3) is 0 Å². The number of aromatic nitrogens is 1. The fourth-order valence-electron chi connectivity index (χ4n) is 5.21. The summed E-state index contributed by atoms with van der Waals surface area (Å²) >= 11 is 0. The Morgan fingerprint density at radius 3 is 2.74 bits per heavy atom. The van der Waals surface area contributed by atoms with Gasteiger partial charge < -0.3 is 20.1 Å². The number of hydrogen-bond acceptors (Lipinski definition) is 6. The van der Waals surface area contributed by atoms with E-state index in [1.165, 1.54) is 12.8 Å². The Bertz CT molecular complexity index is 918. The number of aryl methyl sites for hydroxylation is 1. The van der Waals surface area contributed by atoms with Gasteiger partial charge >= 0.3 is 0 Å². The lowest BCUT2D eigenvalue weighted by atomic mass is 9.88. The Morgan fingerprint density at radius 1 is 1.21 bits per heavy atom. The number of benzene rings is 1. The van der Waals surface area contributed by atoms with E-state index in [-0.39, 0.29) is 23.5 Å². The second-order valence-electron chi connectivity index (χ2n) is 9.96. The number of aromatic hydroxyl groups is 1. The van der Waals surface area contributed by atoms with Gasteiger partial charge in [0.2, 0.25) is 5.91 Å². The second-order valence-corrected chi connectivity index (χ2v) is 9.96. The van der Waals surface area contributed by atoms with E-state index < -0.39 is 0 Å². The number of pyridine rings is 1. The van der Waals surface area contributed by atoms with Crippen molar-refractivity contribution in [2.75, 3.05) is 39.8 Å². The number of likely N-dealkylation sites (tertiary alicyclic amines) is 2. The topological polar surface area (TPSA) is 77.9 Å². The van der Waals surface area contributed by atoms with Crippen LogP contribution in [0.5, 0.6) is 11.5 Å². The molecular formula is C27H38N4O3. The predicted octanol–water partition coefficient (Wildman–Crippen LogP) is 3.21. The number of carbonyl (C=O) groups excluding carboxylic acids is 1. The number of hydrogen-bond donors (Lipinski definition) is 2. The van der Waals surface area contributed by atoms with Crippen molar-refractivity contribution in [2.45, 2.75) is 45.2 Å². The van der Waals surface area contributed by atoms with E-state index in [2.05, 4.69) is 27.1 Å². The Labute approximate surface area is 203 Å². The fourth-order valence-corrected chi connectivity index (χ4v) is 5.21. The number of rotatable bonds is 9. The van der Waals surface area contributed by atoms with Crippen LogP contribution in [-0.2, 0) is 11.3 Å². The summed E-state index contributed by atoms with van der Waals surface area (Å²) in [5.74, 6) is 1.38. The van der Waals surface area contributed by atoms with Crippen LogP contribution in [0, 0.1) is 18.8 Å². The van der Waals surface area contributed by atoms with Gasteiger partial charge in [-0.25, -0.2) is 0 Å². The van der Waals surface area contributed by atoms with Crippen molar-refractivity contribution in [3.8, 4) is 11.5 Å². The van der Waals surface area contributed by atoms with Gasteiger partial charge in [0.1, 0.15) is 11.5 Å². The van der Waals surface area contributed by atoms with Crippen LogP contribution in [0.15, 0.2) is 42.6 Å². The van der Waals surface area contributed by atoms with Crippen LogP contribution in [0.3, 0.4) is 0 Å². The van der Waals surface area contributed by atoms with Crippen LogP contribution in [0.25, 0.3) is 0 Å². The first-order chi connectivity index (χ1) is 16.5. The lowest BCUT2D eigenvalue weighted by Gasteiger charge is -2.37. The van der Waals surface area contributed by atoms with E-state index in [9.17, 15) is 9.90 Å². The molecule has 0 bridgehead atoms. The third-order valence-corrected chi connectivity index (χ3v) is 7.14. The number of phenolic OH excluding ortho intramolecular Hbond substituents is 1. The molecule has 0 spiro atoms. The SMILES string of the molecule is Cc1ccc(OC[C@H]2C[C@@H](C(=O)NCC[C@H]3CCCN3C)CN(Cc3ccc(O)cc3)C2)cn1. The van der Waals surface area contributed by atoms with Crippen molar-refractivity contribution in [1.29, 1.82) is 0 Å². The second kappa shape index (κ2) is 11.7. The molecule has 0 aliphatic carbocycles. The number of nitrogens with zero attached hydrogens (tertiary/aromatic N) is 3. The van der Waals surface area contributed by atoms with Gasteiger partial charge in [0.15, 0.2) is 0 Å². The molecular weight excluding hydrogens is 428 g/mol. The Kier molecular flexibility index (Phi) is 8.40.